The van der Waals surface area contributed by atoms with Crippen LogP contribution in [-0.2, 0) is 14.3 Å². The standard InChI is InChI=1S/C25H16N2O9/c1-35-24(31)13-9-14(11-15(10-13)27(33)34)25(32)36-12-20(28)26-19-8-4-7-18-21(19)23(30)17-6-3-2-5-16(17)22(18)29/h2-11H,12H2,1H3,(H,26,28). The van der Waals surface area contributed by atoms with Crippen molar-refractivity contribution < 1.29 is 38.4 Å². The van der Waals surface area contributed by atoms with E-state index in [0.29, 0.717) is 0 Å². The van der Waals surface area contributed by atoms with Crippen LogP contribution in [0.5, 0.6) is 0 Å². The molecule has 0 bridgehead atoms. The van der Waals surface area contributed by atoms with Crippen molar-refractivity contribution in [3.05, 3.63) is 104 Å². The van der Waals surface area contributed by atoms with Gasteiger partial charge in [-0.3, -0.25) is 24.5 Å². The smallest absolute Gasteiger partial charge is 0.338 e. The van der Waals surface area contributed by atoms with E-state index in [1.54, 1.807) is 18.2 Å². The molecule has 4 rings (SSSR count). The summed E-state index contributed by atoms with van der Waals surface area (Å²) in [5.41, 5.74) is -0.471. The van der Waals surface area contributed by atoms with Crippen molar-refractivity contribution in [2.24, 2.45) is 0 Å². The van der Waals surface area contributed by atoms with Crippen LogP contribution in [0.15, 0.2) is 60.7 Å². The third-order valence-electron chi connectivity index (χ3n) is 5.35. The fourth-order valence-electron chi connectivity index (χ4n) is 3.72. The molecule has 180 valence electrons. The number of anilines is 1. The molecule has 11 nitrogen and oxygen atoms in total. The molecule has 1 amide bonds. The number of ketones is 2. The number of fused-ring (bicyclic) bond motifs is 2. The van der Waals surface area contributed by atoms with Gasteiger partial charge in [-0.2, -0.15) is 0 Å². The number of methoxy groups -OCH3 is 1. The van der Waals surface area contributed by atoms with Crippen LogP contribution in [0.4, 0.5) is 11.4 Å². The molecule has 0 spiro atoms. The van der Waals surface area contributed by atoms with Crippen LogP contribution in [0.3, 0.4) is 0 Å². The van der Waals surface area contributed by atoms with E-state index < -0.39 is 40.8 Å². The molecule has 3 aromatic carbocycles. The Bertz CT molecular complexity index is 1480. The summed E-state index contributed by atoms with van der Waals surface area (Å²) in [6.07, 6.45) is 0. The second-order valence-corrected chi connectivity index (χ2v) is 7.57. The van der Waals surface area contributed by atoms with Gasteiger partial charge in [-0.05, 0) is 12.1 Å². The van der Waals surface area contributed by atoms with E-state index in [-0.39, 0.29) is 44.9 Å². The van der Waals surface area contributed by atoms with Crippen molar-refractivity contribution in [2.75, 3.05) is 19.0 Å². The Hall–Kier alpha value is -5.19. The number of non-ortho nitro benzene ring substituents is 1. The zero-order valence-electron chi connectivity index (χ0n) is 18.6. The molecule has 36 heavy (non-hydrogen) atoms. The van der Waals surface area contributed by atoms with E-state index in [2.05, 4.69) is 10.1 Å². The zero-order chi connectivity index (χ0) is 26.0. The molecular formula is C25H16N2O9. The van der Waals surface area contributed by atoms with E-state index in [0.717, 1.165) is 25.3 Å². The lowest BCUT2D eigenvalue weighted by atomic mass is 9.83. The minimum absolute atomic E-state index is 0.0160. The van der Waals surface area contributed by atoms with Crippen molar-refractivity contribution in [1.82, 2.24) is 0 Å². The van der Waals surface area contributed by atoms with E-state index >= 15 is 0 Å². The second-order valence-electron chi connectivity index (χ2n) is 7.57. The Balaban J connectivity index is 1.51. The Morgan fingerprint density at radius 1 is 0.861 bits per heavy atom. The summed E-state index contributed by atoms with van der Waals surface area (Å²) in [4.78, 5) is 72.9. The molecule has 0 saturated carbocycles. The molecule has 1 aliphatic carbocycles. The van der Waals surface area contributed by atoms with Crippen LogP contribution in [0.1, 0.15) is 52.6 Å². The number of nitro benzene ring substituents is 1. The van der Waals surface area contributed by atoms with Crippen molar-refractivity contribution in [1.29, 1.82) is 0 Å². The summed E-state index contributed by atoms with van der Waals surface area (Å²) in [5.74, 6) is -3.64. The third-order valence-corrected chi connectivity index (χ3v) is 5.35. The molecule has 0 saturated heterocycles. The average Bonchev–Trinajstić information content (AvgIpc) is 2.89. The Morgan fingerprint density at radius 3 is 2.11 bits per heavy atom. The van der Waals surface area contributed by atoms with E-state index in [4.69, 9.17) is 4.74 Å². The van der Waals surface area contributed by atoms with Gasteiger partial charge >= 0.3 is 11.9 Å². The number of nitrogens with one attached hydrogen (secondary N) is 1. The molecule has 0 radical (unpaired) electrons. The number of benzene rings is 3. The largest absolute Gasteiger partial charge is 0.465 e. The molecule has 0 atom stereocenters. The van der Waals surface area contributed by atoms with E-state index in [1.807, 2.05) is 0 Å². The predicted molar refractivity (Wildman–Crippen MR) is 123 cm³/mol. The topological polar surface area (TPSA) is 159 Å². The van der Waals surface area contributed by atoms with Crippen molar-refractivity contribution in [3.63, 3.8) is 0 Å². The first kappa shape index (κ1) is 24.0. The number of hydrogen-bond acceptors (Lipinski definition) is 9. The van der Waals surface area contributed by atoms with E-state index in [9.17, 15) is 34.1 Å². The number of ether oxygens (including phenoxy) is 2. The van der Waals surface area contributed by atoms with Crippen LogP contribution in [0, 0.1) is 10.1 Å². The monoisotopic (exact) mass is 488 g/mol. The number of nitro groups is 1. The van der Waals surface area contributed by atoms with Crippen LogP contribution >= 0.6 is 0 Å². The highest BCUT2D eigenvalue weighted by molar-refractivity contribution is 6.30. The zero-order valence-corrected chi connectivity index (χ0v) is 18.6. The van der Waals surface area contributed by atoms with Gasteiger partial charge in [-0.15, -0.1) is 0 Å². The SMILES string of the molecule is COC(=O)c1cc(C(=O)OCC(=O)Nc2cccc3c2C(=O)c2ccccc2C3=O)cc([N+](=O)[O-])c1. The maximum absolute atomic E-state index is 13.0. The van der Waals surface area contributed by atoms with Gasteiger partial charge in [0.15, 0.2) is 18.2 Å². The highest BCUT2D eigenvalue weighted by Gasteiger charge is 2.31. The molecule has 0 heterocycles. The van der Waals surface area contributed by atoms with Gasteiger partial charge < -0.3 is 14.8 Å². The van der Waals surface area contributed by atoms with Gasteiger partial charge in [0.25, 0.3) is 11.6 Å². The first-order chi connectivity index (χ1) is 17.2. The minimum atomic E-state index is -1.10. The minimum Gasteiger partial charge on any atom is -0.465 e. The second kappa shape index (κ2) is 9.58. The molecule has 0 unspecified atom stereocenters. The highest BCUT2D eigenvalue weighted by Crippen LogP contribution is 2.32. The number of rotatable bonds is 6. The summed E-state index contributed by atoms with van der Waals surface area (Å²) in [6, 6.07) is 13.6. The highest BCUT2D eigenvalue weighted by atomic mass is 16.6. The fourth-order valence-corrected chi connectivity index (χ4v) is 3.72. The van der Waals surface area contributed by atoms with Gasteiger partial charge in [-0.25, -0.2) is 9.59 Å². The molecular weight excluding hydrogens is 472 g/mol. The molecule has 0 aliphatic heterocycles. The maximum Gasteiger partial charge on any atom is 0.338 e. The number of hydrogen-bond donors (Lipinski definition) is 1. The molecule has 11 heteroatoms. The van der Waals surface area contributed by atoms with Crippen LogP contribution in [0.25, 0.3) is 0 Å². The fraction of sp³-hybridized carbons (Fsp3) is 0.0800. The summed E-state index contributed by atoms with van der Waals surface area (Å²) in [7, 11) is 1.07. The quantitative estimate of drug-likeness (QED) is 0.244. The molecule has 0 fully saturated rings. The lowest BCUT2D eigenvalue weighted by Gasteiger charge is -2.20. The molecule has 0 aromatic heterocycles. The maximum atomic E-state index is 13.0. The van der Waals surface area contributed by atoms with Crippen molar-refractivity contribution in [2.45, 2.75) is 0 Å². The number of carbonyl (C=O) groups excluding carboxylic acids is 5. The van der Waals surface area contributed by atoms with Gasteiger partial charge in [0.05, 0.1) is 34.4 Å². The third kappa shape index (κ3) is 4.44. The van der Waals surface area contributed by atoms with Crippen LogP contribution in [0.2, 0.25) is 0 Å². The number of carbonyl (C=O) groups is 5. The summed E-state index contributed by atoms with van der Waals surface area (Å²) in [6.45, 7) is -0.808. The summed E-state index contributed by atoms with van der Waals surface area (Å²) in [5, 5.41) is 13.6. The van der Waals surface area contributed by atoms with Gasteiger partial charge in [0.1, 0.15) is 0 Å². The normalized spacial score (nSPS) is 11.7. The molecule has 1 N–H and O–H groups in total. The van der Waals surface area contributed by atoms with Crippen molar-refractivity contribution in [3.8, 4) is 0 Å². The molecule has 3 aromatic rings. The predicted octanol–water partition coefficient (Wildman–Crippen LogP) is 2.95. The number of esters is 2. The lowest BCUT2D eigenvalue weighted by molar-refractivity contribution is -0.384. The van der Waals surface area contributed by atoms with Crippen molar-refractivity contribution >= 4 is 40.8 Å². The number of nitrogens with zero attached hydrogens (tertiary/aromatic N) is 1. The Kier molecular flexibility index (Phi) is 6.38. The van der Waals surface area contributed by atoms with E-state index in [1.165, 1.54) is 24.3 Å². The van der Waals surface area contributed by atoms with Gasteiger partial charge in [-0.1, -0.05) is 36.4 Å². The Morgan fingerprint density at radius 2 is 1.47 bits per heavy atom. The molecule has 1 aliphatic rings. The number of amides is 1. The first-order valence-electron chi connectivity index (χ1n) is 10.4. The average molecular weight is 488 g/mol. The van der Waals surface area contributed by atoms with Gasteiger partial charge in [0.2, 0.25) is 0 Å². The van der Waals surface area contributed by atoms with Crippen LogP contribution in [-0.4, -0.2) is 48.1 Å². The first-order valence-corrected chi connectivity index (χ1v) is 10.4. The lowest BCUT2D eigenvalue weighted by Crippen LogP contribution is -2.26. The summed E-state index contributed by atoms with van der Waals surface area (Å²) < 4.78 is 9.46. The van der Waals surface area contributed by atoms with Gasteiger partial charge in [0, 0.05) is 28.8 Å². The Labute approximate surface area is 202 Å². The summed E-state index contributed by atoms with van der Waals surface area (Å²) >= 11 is 0. The van der Waals surface area contributed by atoms with Crippen LogP contribution < -0.4 is 5.32 Å².